The lowest BCUT2D eigenvalue weighted by Crippen LogP contribution is -2.44. The van der Waals surface area contributed by atoms with Crippen molar-refractivity contribution >= 4 is 29.0 Å². The SMILES string of the molecule is Cc1cccc(CSCC(=O)Nc2ccc(N3CCN(C)CC3)cc2C)c1. The number of aryl methyl sites for hydroxylation is 2. The second kappa shape index (κ2) is 9.29. The molecule has 0 atom stereocenters. The normalized spacial score (nSPS) is 15.0. The molecule has 0 saturated carbocycles. The molecule has 1 heterocycles. The third-order valence-electron chi connectivity index (χ3n) is 4.94. The van der Waals surface area contributed by atoms with Crippen molar-refractivity contribution in [1.82, 2.24) is 4.90 Å². The minimum atomic E-state index is 0.0584. The van der Waals surface area contributed by atoms with Gasteiger partial charge in [0, 0.05) is 43.3 Å². The number of likely N-dealkylation sites (N-methyl/N-ethyl adjacent to an activating group) is 1. The smallest absolute Gasteiger partial charge is 0.234 e. The standard InChI is InChI=1S/C22H29N3OS/c1-17-5-4-6-19(13-17)15-27-16-22(26)23-21-8-7-20(14-18(21)2)25-11-9-24(3)10-12-25/h4-8,13-14H,9-12,15-16H2,1-3H3,(H,23,26). The fourth-order valence-electron chi connectivity index (χ4n) is 3.30. The number of benzene rings is 2. The molecule has 0 aliphatic carbocycles. The summed E-state index contributed by atoms with van der Waals surface area (Å²) < 4.78 is 0. The Kier molecular flexibility index (Phi) is 6.80. The molecule has 0 bridgehead atoms. The van der Waals surface area contributed by atoms with Gasteiger partial charge in [-0.25, -0.2) is 0 Å². The summed E-state index contributed by atoms with van der Waals surface area (Å²) in [5.41, 5.74) is 5.79. The summed E-state index contributed by atoms with van der Waals surface area (Å²) in [6.07, 6.45) is 0. The average molecular weight is 384 g/mol. The lowest BCUT2D eigenvalue weighted by molar-refractivity contribution is -0.113. The summed E-state index contributed by atoms with van der Waals surface area (Å²) in [4.78, 5) is 17.1. The first-order valence-corrected chi connectivity index (χ1v) is 10.6. The molecule has 2 aromatic carbocycles. The van der Waals surface area contributed by atoms with Crippen molar-refractivity contribution in [2.45, 2.75) is 19.6 Å². The molecule has 1 N–H and O–H groups in total. The highest BCUT2D eigenvalue weighted by atomic mass is 32.2. The van der Waals surface area contributed by atoms with Crippen LogP contribution in [0.3, 0.4) is 0 Å². The van der Waals surface area contributed by atoms with Crippen LogP contribution in [0.5, 0.6) is 0 Å². The van der Waals surface area contributed by atoms with Crippen LogP contribution in [0, 0.1) is 13.8 Å². The summed E-state index contributed by atoms with van der Waals surface area (Å²) in [7, 11) is 2.16. The van der Waals surface area contributed by atoms with E-state index in [1.807, 2.05) is 6.07 Å². The predicted octanol–water partition coefficient (Wildman–Crippen LogP) is 3.93. The van der Waals surface area contributed by atoms with Crippen LogP contribution in [-0.2, 0) is 10.5 Å². The Hall–Kier alpha value is -1.98. The molecule has 1 amide bonds. The highest BCUT2D eigenvalue weighted by Gasteiger charge is 2.15. The summed E-state index contributed by atoms with van der Waals surface area (Å²) in [5, 5.41) is 3.06. The Balaban J connectivity index is 1.50. The largest absolute Gasteiger partial charge is 0.369 e. The van der Waals surface area contributed by atoms with Crippen LogP contribution in [0.4, 0.5) is 11.4 Å². The first kappa shape index (κ1) is 19.8. The van der Waals surface area contributed by atoms with Crippen LogP contribution in [0.25, 0.3) is 0 Å². The number of anilines is 2. The molecule has 0 radical (unpaired) electrons. The van der Waals surface area contributed by atoms with Gasteiger partial charge in [-0.1, -0.05) is 29.8 Å². The van der Waals surface area contributed by atoms with Gasteiger partial charge in [-0.15, -0.1) is 11.8 Å². The van der Waals surface area contributed by atoms with Crippen LogP contribution in [0.1, 0.15) is 16.7 Å². The molecule has 4 nitrogen and oxygen atoms in total. The summed E-state index contributed by atoms with van der Waals surface area (Å²) in [5.74, 6) is 1.38. The van der Waals surface area contributed by atoms with Crippen LogP contribution in [-0.4, -0.2) is 49.8 Å². The summed E-state index contributed by atoms with van der Waals surface area (Å²) >= 11 is 1.65. The van der Waals surface area contributed by atoms with Gasteiger partial charge in [0.2, 0.25) is 5.91 Å². The fraction of sp³-hybridized carbons (Fsp3) is 0.409. The van der Waals surface area contributed by atoms with Gasteiger partial charge in [0.25, 0.3) is 0 Å². The maximum absolute atomic E-state index is 12.3. The van der Waals surface area contributed by atoms with Crippen LogP contribution >= 0.6 is 11.8 Å². The number of carbonyl (C=O) groups is 1. The molecule has 5 heteroatoms. The first-order chi connectivity index (χ1) is 13.0. The van der Waals surface area contributed by atoms with Crippen molar-refractivity contribution < 1.29 is 4.79 Å². The van der Waals surface area contributed by atoms with E-state index >= 15 is 0 Å². The molecule has 1 aliphatic rings. The average Bonchev–Trinajstić information content (AvgIpc) is 2.64. The molecule has 0 unspecified atom stereocenters. The number of nitrogens with zero attached hydrogens (tertiary/aromatic N) is 2. The highest BCUT2D eigenvalue weighted by Crippen LogP contribution is 2.24. The second-order valence-electron chi connectivity index (χ2n) is 7.32. The van der Waals surface area contributed by atoms with Crippen molar-refractivity contribution in [2.24, 2.45) is 0 Å². The van der Waals surface area contributed by atoms with Gasteiger partial charge in [0.05, 0.1) is 5.75 Å². The monoisotopic (exact) mass is 383 g/mol. The Morgan fingerprint density at radius 1 is 1.07 bits per heavy atom. The minimum Gasteiger partial charge on any atom is -0.369 e. The lowest BCUT2D eigenvalue weighted by Gasteiger charge is -2.34. The number of amides is 1. The van der Waals surface area contributed by atoms with E-state index < -0.39 is 0 Å². The highest BCUT2D eigenvalue weighted by molar-refractivity contribution is 7.99. The van der Waals surface area contributed by atoms with Crippen molar-refractivity contribution in [3.63, 3.8) is 0 Å². The van der Waals surface area contributed by atoms with E-state index in [9.17, 15) is 4.79 Å². The molecule has 3 rings (SSSR count). The molecular weight excluding hydrogens is 354 g/mol. The second-order valence-corrected chi connectivity index (χ2v) is 8.31. The van der Waals surface area contributed by atoms with Crippen molar-refractivity contribution in [3.05, 3.63) is 59.2 Å². The molecule has 1 aliphatic heterocycles. The predicted molar refractivity (Wildman–Crippen MR) is 117 cm³/mol. The van der Waals surface area contributed by atoms with E-state index in [1.165, 1.54) is 16.8 Å². The third kappa shape index (κ3) is 5.75. The van der Waals surface area contributed by atoms with E-state index in [1.54, 1.807) is 11.8 Å². The van der Waals surface area contributed by atoms with Crippen molar-refractivity contribution in [2.75, 3.05) is 49.2 Å². The van der Waals surface area contributed by atoms with Crippen LogP contribution in [0.15, 0.2) is 42.5 Å². The van der Waals surface area contributed by atoms with Crippen molar-refractivity contribution in [3.8, 4) is 0 Å². The van der Waals surface area contributed by atoms with Gasteiger partial charge in [-0.05, 0) is 50.2 Å². The van der Waals surface area contributed by atoms with Gasteiger partial charge in [-0.2, -0.15) is 0 Å². The quantitative estimate of drug-likeness (QED) is 0.820. The van der Waals surface area contributed by atoms with Crippen LogP contribution in [0.2, 0.25) is 0 Å². The summed E-state index contributed by atoms with van der Waals surface area (Å²) in [6, 6.07) is 14.8. The van der Waals surface area contributed by atoms with Gasteiger partial charge >= 0.3 is 0 Å². The Morgan fingerprint density at radius 2 is 1.85 bits per heavy atom. The van der Waals surface area contributed by atoms with E-state index in [2.05, 4.69) is 72.4 Å². The zero-order chi connectivity index (χ0) is 19.2. The zero-order valence-electron chi connectivity index (χ0n) is 16.5. The number of rotatable bonds is 6. The molecule has 1 saturated heterocycles. The number of nitrogens with one attached hydrogen (secondary N) is 1. The van der Waals surface area contributed by atoms with Crippen LogP contribution < -0.4 is 10.2 Å². The van der Waals surface area contributed by atoms with Gasteiger partial charge in [-0.3, -0.25) is 4.79 Å². The Labute approximate surface area is 166 Å². The van der Waals surface area contributed by atoms with Gasteiger partial charge < -0.3 is 15.1 Å². The third-order valence-corrected chi connectivity index (χ3v) is 5.94. The number of hydrogen-bond acceptors (Lipinski definition) is 4. The maximum atomic E-state index is 12.3. The summed E-state index contributed by atoms with van der Waals surface area (Å²) in [6.45, 7) is 8.45. The van der Waals surface area contributed by atoms with Crippen molar-refractivity contribution in [1.29, 1.82) is 0 Å². The van der Waals surface area contributed by atoms with Gasteiger partial charge in [0.1, 0.15) is 0 Å². The molecule has 144 valence electrons. The maximum Gasteiger partial charge on any atom is 0.234 e. The van der Waals surface area contributed by atoms with E-state index in [0.717, 1.165) is 43.2 Å². The van der Waals surface area contributed by atoms with E-state index in [-0.39, 0.29) is 5.91 Å². The van der Waals surface area contributed by atoms with E-state index in [0.29, 0.717) is 5.75 Å². The van der Waals surface area contributed by atoms with E-state index in [4.69, 9.17) is 0 Å². The Bertz CT molecular complexity index is 785. The molecule has 2 aromatic rings. The van der Waals surface area contributed by atoms with Gasteiger partial charge in [0.15, 0.2) is 0 Å². The number of piperazine rings is 1. The molecule has 0 spiro atoms. The number of thioether (sulfide) groups is 1. The lowest BCUT2D eigenvalue weighted by atomic mass is 10.1. The topological polar surface area (TPSA) is 35.6 Å². The number of carbonyl (C=O) groups excluding carboxylic acids is 1. The number of hydrogen-bond donors (Lipinski definition) is 1. The Morgan fingerprint density at radius 3 is 2.56 bits per heavy atom. The first-order valence-electron chi connectivity index (χ1n) is 9.48. The molecule has 27 heavy (non-hydrogen) atoms. The fourth-order valence-corrected chi connectivity index (χ4v) is 4.07. The molecular formula is C22H29N3OS. The zero-order valence-corrected chi connectivity index (χ0v) is 17.3. The minimum absolute atomic E-state index is 0.0584. The molecule has 0 aromatic heterocycles. The molecule has 1 fully saturated rings.